The molecule has 2 heterocycles. The summed E-state index contributed by atoms with van der Waals surface area (Å²) < 4.78 is 0. The summed E-state index contributed by atoms with van der Waals surface area (Å²) in [6.07, 6.45) is 10.4. The lowest BCUT2D eigenvalue weighted by Gasteiger charge is -2.19. The molecular weight excluding hydrogens is 400 g/mol. The first-order valence-corrected chi connectivity index (χ1v) is 12.8. The Hall–Kier alpha value is -1.91. The molecule has 0 saturated carbocycles. The standard InChI is InChI=1S/C27H38N2OS/c1-4-16-28(3)17-8-6-7-10-22(5-2)24-13-12-23-14-18-29(19-15-25(23)21-24)27(30)26-11-9-20-31-26/h5,9,11-13,20-21H,4,6-8,10,14-19H2,1-3H3/b22-5-. The number of allylic oxidation sites excluding steroid dienone is 2. The van der Waals surface area contributed by atoms with Gasteiger partial charge in [-0.15, -0.1) is 11.3 Å². The second-order valence-electron chi connectivity index (χ2n) is 8.68. The Morgan fingerprint density at radius 1 is 1.10 bits per heavy atom. The van der Waals surface area contributed by atoms with Crippen LogP contribution in [0.2, 0.25) is 0 Å². The highest BCUT2D eigenvalue weighted by atomic mass is 32.1. The van der Waals surface area contributed by atoms with Crippen LogP contribution in [-0.4, -0.2) is 48.9 Å². The van der Waals surface area contributed by atoms with Crippen molar-refractivity contribution < 1.29 is 4.79 Å². The molecule has 3 nitrogen and oxygen atoms in total. The number of nitrogens with zero attached hydrogens (tertiary/aromatic N) is 2. The lowest BCUT2D eigenvalue weighted by Crippen LogP contribution is -2.32. The molecule has 1 aliphatic rings. The summed E-state index contributed by atoms with van der Waals surface area (Å²) in [7, 11) is 2.23. The molecule has 3 rings (SSSR count). The van der Waals surface area contributed by atoms with Crippen molar-refractivity contribution in [2.45, 2.75) is 58.8 Å². The molecule has 4 heteroatoms. The van der Waals surface area contributed by atoms with Crippen LogP contribution < -0.4 is 0 Å². The quantitative estimate of drug-likeness (QED) is 0.407. The maximum absolute atomic E-state index is 12.8. The van der Waals surface area contributed by atoms with Gasteiger partial charge in [0.2, 0.25) is 0 Å². The minimum Gasteiger partial charge on any atom is -0.337 e. The van der Waals surface area contributed by atoms with E-state index in [1.807, 2.05) is 22.4 Å². The molecule has 1 aromatic heterocycles. The van der Waals surface area contributed by atoms with Gasteiger partial charge in [0.05, 0.1) is 4.88 Å². The van der Waals surface area contributed by atoms with Crippen LogP contribution in [-0.2, 0) is 12.8 Å². The summed E-state index contributed by atoms with van der Waals surface area (Å²) in [5.74, 6) is 0.182. The normalized spacial score (nSPS) is 14.6. The molecule has 0 radical (unpaired) electrons. The lowest BCUT2D eigenvalue weighted by molar-refractivity contribution is 0.0768. The van der Waals surface area contributed by atoms with Gasteiger partial charge in [-0.25, -0.2) is 0 Å². The SMILES string of the molecule is C/C=C(/CCCCCN(C)CCC)c1ccc2c(c1)CCN(C(=O)c1cccs1)CC2. The fourth-order valence-electron chi connectivity index (χ4n) is 4.51. The first kappa shape index (κ1) is 23.7. The number of unbranched alkanes of at least 4 members (excludes halogenated alkanes) is 2. The van der Waals surface area contributed by atoms with E-state index in [4.69, 9.17) is 0 Å². The fraction of sp³-hybridized carbons (Fsp3) is 0.519. The van der Waals surface area contributed by atoms with Crippen LogP contribution in [0.3, 0.4) is 0 Å². The number of carbonyl (C=O) groups excluding carboxylic acids is 1. The molecule has 31 heavy (non-hydrogen) atoms. The van der Waals surface area contributed by atoms with Gasteiger partial charge in [-0.05, 0) is 99.3 Å². The van der Waals surface area contributed by atoms with Crippen LogP contribution in [0.25, 0.3) is 5.57 Å². The molecule has 0 atom stereocenters. The first-order chi connectivity index (χ1) is 15.1. The van der Waals surface area contributed by atoms with E-state index in [0.29, 0.717) is 0 Å². The third-order valence-electron chi connectivity index (χ3n) is 6.34. The van der Waals surface area contributed by atoms with Crippen molar-refractivity contribution in [3.63, 3.8) is 0 Å². The van der Waals surface area contributed by atoms with Gasteiger partial charge in [-0.2, -0.15) is 0 Å². The number of benzene rings is 1. The molecular formula is C27H38N2OS. The molecule has 2 aromatic rings. The van der Waals surface area contributed by atoms with Crippen LogP contribution in [0.15, 0.2) is 41.8 Å². The average molecular weight is 439 g/mol. The molecule has 0 spiro atoms. The third-order valence-corrected chi connectivity index (χ3v) is 7.20. The molecule has 0 saturated heterocycles. The van der Waals surface area contributed by atoms with E-state index in [9.17, 15) is 4.79 Å². The van der Waals surface area contributed by atoms with E-state index >= 15 is 0 Å². The second-order valence-corrected chi connectivity index (χ2v) is 9.63. The molecule has 1 amide bonds. The smallest absolute Gasteiger partial charge is 0.263 e. The van der Waals surface area contributed by atoms with E-state index in [1.165, 1.54) is 72.4 Å². The van der Waals surface area contributed by atoms with Gasteiger partial charge in [-0.1, -0.05) is 43.7 Å². The summed E-state index contributed by atoms with van der Waals surface area (Å²) in [6.45, 7) is 8.44. The highest BCUT2D eigenvalue weighted by molar-refractivity contribution is 7.12. The summed E-state index contributed by atoms with van der Waals surface area (Å²) in [5.41, 5.74) is 5.64. The minimum atomic E-state index is 0.182. The summed E-state index contributed by atoms with van der Waals surface area (Å²) in [4.78, 5) is 18.1. The van der Waals surface area contributed by atoms with E-state index in [2.05, 4.69) is 50.1 Å². The van der Waals surface area contributed by atoms with E-state index in [1.54, 1.807) is 0 Å². The molecule has 0 unspecified atom stereocenters. The maximum Gasteiger partial charge on any atom is 0.263 e. The average Bonchev–Trinajstić information content (AvgIpc) is 3.23. The van der Waals surface area contributed by atoms with Crippen molar-refractivity contribution in [2.75, 3.05) is 33.2 Å². The van der Waals surface area contributed by atoms with E-state index in [-0.39, 0.29) is 5.91 Å². The summed E-state index contributed by atoms with van der Waals surface area (Å²) in [5, 5.41) is 1.98. The molecule has 1 aliphatic heterocycles. The monoisotopic (exact) mass is 438 g/mol. The third kappa shape index (κ3) is 6.78. The van der Waals surface area contributed by atoms with Crippen LogP contribution in [0.5, 0.6) is 0 Å². The van der Waals surface area contributed by atoms with Gasteiger partial charge in [-0.3, -0.25) is 4.79 Å². The van der Waals surface area contributed by atoms with Gasteiger partial charge in [0.15, 0.2) is 0 Å². The Morgan fingerprint density at radius 3 is 2.61 bits per heavy atom. The predicted octanol–water partition coefficient (Wildman–Crippen LogP) is 6.29. The highest BCUT2D eigenvalue weighted by Crippen LogP contribution is 2.26. The van der Waals surface area contributed by atoms with Crippen molar-refractivity contribution in [3.05, 3.63) is 63.4 Å². The number of hydrogen-bond acceptors (Lipinski definition) is 3. The van der Waals surface area contributed by atoms with Crippen molar-refractivity contribution in [2.24, 2.45) is 0 Å². The second kappa shape index (κ2) is 12.2. The number of carbonyl (C=O) groups is 1. The van der Waals surface area contributed by atoms with Crippen LogP contribution in [0.1, 0.15) is 72.3 Å². The van der Waals surface area contributed by atoms with Crippen molar-refractivity contribution in [1.29, 1.82) is 0 Å². The molecule has 1 aromatic carbocycles. The zero-order chi connectivity index (χ0) is 22.1. The molecule has 0 N–H and O–H groups in total. The van der Waals surface area contributed by atoms with Crippen LogP contribution >= 0.6 is 11.3 Å². The number of thiophene rings is 1. The minimum absolute atomic E-state index is 0.182. The number of rotatable bonds is 10. The number of amides is 1. The maximum atomic E-state index is 12.8. The van der Waals surface area contributed by atoms with E-state index < -0.39 is 0 Å². The number of hydrogen-bond donors (Lipinski definition) is 0. The largest absolute Gasteiger partial charge is 0.337 e. The van der Waals surface area contributed by atoms with Crippen molar-refractivity contribution in [1.82, 2.24) is 9.80 Å². The molecule has 0 aliphatic carbocycles. The lowest BCUT2D eigenvalue weighted by atomic mass is 9.94. The van der Waals surface area contributed by atoms with E-state index in [0.717, 1.165) is 37.2 Å². The molecule has 0 bridgehead atoms. The van der Waals surface area contributed by atoms with Gasteiger partial charge in [0, 0.05) is 13.1 Å². The predicted molar refractivity (Wildman–Crippen MR) is 134 cm³/mol. The Bertz CT molecular complexity index is 856. The van der Waals surface area contributed by atoms with Gasteiger partial charge < -0.3 is 9.80 Å². The van der Waals surface area contributed by atoms with Gasteiger partial charge in [0.25, 0.3) is 5.91 Å². The van der Waals surface area contributed by atoms with Gasteiger partial charge >= 0.3 is 0 Å². The Balaban J connectivity index is 1.54. The zero-order valence-corrected chi connectivity index (χ0v) is 20.3. The van der Waals surface area contributed by atoms with Crippen LogP contribution in [0, 0.1) is 0 Å². The summed E-state index contributed by atoms with van der Waals surface area (Å²) >= 11 is 1.54. The fourth-order valence-corrected chi connectivity index (χ4v) is 5.20. The Labute approximate surface area is 192 Å². The van der Waals surface area contributed by atoms with Crippen LogP contribution in [0.4, 0.5) is 0 Å². The zero-order valence-electron chi connectivity index (χ0n) is 19.5. The van der Waals surface area contributed by atoms with Gasteiger partial charge in [0.1, 0.15) is 0 Å². The Kier molecular flexibility index (Phi) is 9.35. The highest BCUT2D eigenvalue weighted by Gasteiger charge is 2.20. The first-order valence-electron chi connectivity index (χ1n) is 11.9. The summed E-state index contributed by atoms with van der Waals surface area (Å²) in [6, 6.07) is 10.9. The topological polar surface area (TPSA) is 23.6 Å². The number of fused-ring (bicyclic) bond motifs is 1. The Morgan fingerprint density at radius 2 is 1.90 bits per heavy atom. The van der Waals surface area contributed by atoms with Crippen molar-refractivity contribution in [3.8, 4) is 0 Å². The van der Waals surface area contributed by atoms with Crippen molar-refractivity contribution >= 4 is 22.8 Å². The molecule has 0 fully saturated rings. The molecule has 168 valence electrons.